The van der Waals surface area contributed by atoms with Crippen molar-refractivity contribution in [1.29, 1.82) is 0 Å². The first-order chi connectivity index (χ1) is 8.02. The van der Waals surface area contributed by atoms with Crippen molar-refractivity contribution in [3.63, 3.8) is 0 Å². The first-order valence-electron chi connectivity index (χ1n) is 6.17. The van der Waals surface area contributed by atoms with Crippen LogP contribution in [0.2, 0.25) is 0 Å². The summed E-state index contributed by atoms with van der Waals surface area (Å²) in [6.45, 7) is 8.85. The Hall–Kier alpha value is -1.32. The van der Waals surface area contributed by atoms with Crippen LogP contribution in [0.5, 0.6) is 0 Å². The van der Waals surface area contributed by atoms with Gasteiger partial charge in [0.2, 0.25) is 0 Å². The zero-order valence-corrected chi connectivity index (χ0v) is 11.3. The van der Waals surface area contributed by atoms with Crippen LogP contribution in [-0.4, -0.2) is 25.2 Å². The third-order valence-electron chi connectivity index (χ3n) is 2.54. The van der Waals surface area contributed by atoms with Gasteiger partial charge in [0.05, 0.1) is 5.70 Å². The van der Waals surface area contributed by atoms with Crippen LogP contribution in [0.3, 0.4) is 0 Å². The van der Waals surface area contributed by atoms with E-state index in [1.54, 1.807) is 6.92 Å². The van der Waals surface area contributed by atoms with E-state index in [4.69, 9.17) is 0 Å². The second kappa shape index (κ2) is 8.79. The topological polar surface area (TPSA) is 58.2 Å². The molecule has 98 valence electrons. The number of nitrogens with one attached hydrogen (secondary N) is 2. The summed E-state index contributed by atoms with van der Waals surface area (Å²) < 4.78 is 0. The highest BCUT2D eigenvalue weighted by atomic mass is 16.1. The predicted molar refractivity (Wildman–Crippen MR) is 69.5 cm³/mol. The molecule has 0 aliphatic carbocycles. The molecule has 17 heavy (non-hydrogen) atoms. The van der Waals surface area contributed by atoms with Crippen molar-refractivity contribution < 1.29 is 9.59 Å². The molecule has 0 bridgehead atoms. The highest BCUT2D eigenvalue weighted by Crippen LogP contribution is 2.03. The summed E-state index contributed by atoms with van der Waals surface area (Å²) in [6.07, 6.45) is 2.70. The Balaban J connectivity index is 4.16. The summed E-state index contributed by atoms with van der Waals surface area (Å²) in [4.78, 5) is 21.9. The van der Waals surface area contributed by atoms with Crippen molar-refractivity contribution in [3.8, 4) is 0 Å². The molecule has 0 fully saturated rings. The van der Waals surface area contributed by atoms with Gasteiger partial charge in [0.1, 0.15) is 6.29 Å². The quantitative estimate of drug-likeness (QED) is 0.365. The molecule has 0 rings (SSSR count). The van der Waals surface area contributed by atoms with Gasteiger partial charge in [-0.15, -0.1) is 0 Å². The van der Waals surface area contributed by atoms with E-state index in [0.29, 0.717) is 5.70 Å². The smallest absolute Gasteiger partial charge is 0.177 e. The number of hydrogen-bond donors (Lipinski definition) is 2. The van der Waals surface area contributed by atoms with Gasteiger partial charge in [-0.2, -0.15) is 0 Å². The molecular weight excluding hydrogens is 216 g/mol. The molecule has 0 saturated carbocycles. The number of Topliss-reactive ketones (excluding diaryl/α,β-unsaturated/α-hetero) is 1. The van der Waals surface area contributed by atoms with E-state index in [-0.39, 0.29) is 11.7 Å². The Bertz CT molecular complexity index is 285. The van der Waals surface area contributed by atoms with E-state index in [0.717, 1.165) is 37.9 Å². The van der Waals surface area contributed by atoms with Crippen LogP contribution < -0.4 is 10.6 Å². The largest absolute Gasteiger partial charge is 0.387 e. The third-order valence-corrected chi connectivity index (χ3v) is 2.54. The average molecular weight is 240 g/mol. The Morgan fingerprint density at radius 2 is 1.94 bits per heavy atom. The molecule has 0 spiro atoms. The van der Waals surface area contributed by atoms with E-state index in [1.807, 2.05) is 20.8 Å². The van der Waals surface area contributed by atoms with Crippen molar-refractivity contribution in [1.82, 2.24) is 10.6 Å². The number of hydrogen-bond acceptors (Lipinski definition) is 4. The predicted octanol–water partition coefficient (Wildman–Crippen LogP) is 1.62. The van der Waals surface area contributed by atoms with E-state index >= 15 is 0 Å². The fraction of sp³-hybridized carbons (Fsp3) is 0.692. The Labute approximate surface area is 104 Å². The number of aldehydes is 1. The number of rotatable bonds is 9. The molecule has 1 atom stereocenters. The lowest BCUT2D eigenvalue weighted by Crippen LogP contribution is -2.26. The molecule has 4 nitrogen and oxygen atoms in total. The van der Waals surface area contributed by atoms with E-state index < -0.39 is 0 Å². The van der Waals surface area contributed by atoms with Crippen LogP contribution in [0.1, 0.15) is 40.5 Å². The summed E-state index contributed by atoms with van der Waals surface area (Å²) in [5.74, 6) is 0.128. The molecule has 2 N–H and O–H groups in total. The highest BCUT2D eigenvalue weighted by Gasteiger charge is 2.07. The maximum absolute atomic E-state index is 11.4. The van der Waals surface area contributed by atoms with Crippen LogP contribution in [0, 0.1) is 5.92 Å². The normalized spacial score (nSPS) is 13.6. The van der Waals surface area contributed by atoms with Crippen LogP contribution >= 0.6 is 0 Å². The lowest BCUT2D eigenvalue weighted by atomic mass is 10.1. The van der Waals surface area contributed by atoms with Crippen molar-refractivity contribution in [2.45, 2.75) is 40.5 Å². The zero-order chi connectivity index (χ0) is 13.3. The van der Waals surface area contributed by atoms with Gasteiger partial charge in [0.25, 0.3) is 0 Å². The minimum absolute atomic E-state index is 0.0342. The van der Waals surface area contributed by atoms with E-state index in [1.165, 1.54) is 0 Å². The SMILES string of the molecule is CCN/C(C)=C(\NCCCC(C)C=O)C(C)=O. The maximum Gasteiger partial charge on any atom is 0.177 e. The molecule has 0 aromatic carbocycles. The lowest BCUT2D eigenvalue weighted by Gasteiger charge is -2.13. The molecule has 0 saturated heterocycles. The van der Waals surface area contributed by atoms with Crippen molar-refractivity contribution in [2.75, 3.05) is 13.1 Å². The number of allylic oxidation sites excluding steroid dienone is 2. The highest BCUT2D eigenvalue weighted by molar-refractivity contribution is 5.93. The summed E-state index contributed by atoms with van der Waals surface area (Å²) in [7, 11) is 0. The molecule has 0 aromatic rings. The van der Waals surface area contributed by atoms with Crippen molar-refractivity contribution in [2.24, 2.45) is 5.92 Å². The van der Waals surface area contributed by atoms with Crippen LogP contribution in [0.4, 0.5) is 0 Å². The lowest BCUT2D eigenvalue weighted by molar-refractivity contribution is -0.114. The maximum atomic E-state index is 11.4. The number of carbonyl (C=O) groups excluding carboxylic acids is 2. The molecule has 0 amide bonds. The van der Waals surface area contributed by atoms with Gasteiger partial charge in [-0.05, 0) is 26.7 Å². The van der Waals surface area contributed by atoms with E-state index in [2.05, 4.69) is 10.6 Å². The summed E-state index contributed by atoms with van der Waals surface area (Å²) >= 11 is 0. The monoisotopic (exact) mass is 240 g/mol. The summed E-state index contributed by atoms with van der Waals surface area (Å²) in [6, 6.07) is 0. The van der Waals surface area contributed by atoms with Gasteiger partial charge in [-0.1, -0.05) is 6.92 Å². The average Bonchev–Trinajstić information content (AvgIpc) is 2.28. The van der Waals surface area contributed by atoms with Gasteiger partial charge in [0, 0.05) is 31.6 Å². The molecule has 0 radical (unpaired) electrons. The molecule has 0 aromatic heterocycles. The Morgan fingerprint density at radius 1 is 1.29 bits per heavy atom. The summed E-state index contributed by atoms with van der Waals surface area (Å²) in [5, 5.41) is 6.26. The fourth-order valence-corrected chi connectivity index (χ4v) is 1.58. The van der Waals surface area contributed by atoms with Gasteiger partial charge >= 0.3 is 0 Å². The van der Waals surface area contributed by atoms with Crippen molar-refractivity contribution in [3.05, 3.63) is 11.4 Å². The van der Waals surface area contributed by atoms with Gasteiger partial charge in [0.15, 0.2) is 5.78 Å². The zero-order valence-electron chi connectivity index (χ0n) is 11.3. The molecule has 0 heterocycles. The van der Waals surface area contributed by atoms with Gasteiger partial charge in [-0.25, -0.2) is 0 Å². The number of ketones is 1. The minimum Gasteiger partial charge on any atom is -0.387 e. The van der Waals surface area contributed by atoms with Gasteiger partial charge in [-0.3, -0.25) is 4.79 Å². The molecule has 1 unspecified atom stereocenters. The Kier molecular flexibility index (Phi) is 8.11. The minimum atomic E-state index is 0.0342. The second-order valence-corrected chi connectivity index (χ2v) is 4.27. The standard InChI is InChI=1S/C13H24N2O2/c1-5-14-11(3)13(12(4)17)15-8-6-7-10(2)9-16/h9-10,14-15H,5-8H2,1-4H3/b13-11-. The summed E-state index contributed by atoms with van der Waals surface area (Å²) in [5.41, 5.74) is 1.52. The second-order valence-electron chi connectivity index (χ2n) is 4.27. The molecule has 0 aliphatic heterocycles. The molecule has 0 aliphatic rings. The molecule has 4 heteroatoms. The van der Waals surface area contributed by atoms with Crippen LogP contribution in [-0.2, 0) is 9.59 Å². The van der Waals surface area contributed by atoms with Crippen LogP contribution in [0.15, 0.2) is 11.4 Å². The molecular formula is C13H24N2O2. The van der Waals surface area contributed by atoms with Crippen molar-refractivity contribution >= 4 is 12.1 Å². The first kappa shape index (κ1) is 15.7. The third kappa shape index (κ3) is 6.76. The first-order valence-corrected chi connectivity index (χ1v) is 6.17. The fourth-order valence-electron chi connectivity index (χ4n) is 1.58. The van der Waals surface area contributed by atoms with Gasteiger partial charge < -0.3 is 15.4 Å². The Morgan fingerprint density at radius 3 is 2.41 bits per heavy atom. The van der Waals surface area contributed by atoms with E-state index in [9.17, 15) is 9.59 Å². The number of carbonyl (C=O) groups is 2. The van der Waals surface area contributed by atoms with Crippen LogP contribution in [0.25, 0.3) is 0 Å².